The summed E-state index contributed by atoms with van der Waals surface area (Å²) in [4.78, 5) is 30.2. The first-order valence-electron chi connectivity index (χ1n) is 8.42. The van der Waals surface area contributed by atoms with Gasteiger partial charge < -0.3 is 9.72 Å². The van der Waals surface area contributed by atoms with Crippen molar-refractivity contribution in [1.82, 2.24) is 20.2 Å². The van der Waals surface area contributed by atoms with Crippen molar-refractivity contribution in [2.24, 2.45) is 0 Å². The Morgan fingerprint density at radius 2 is 1.87 bits per heavy atom. The molecule has 0 bridgehead atoms. The Labute approximate surface area is 163 Å². The summed E-state index contributed by atoms with van der Waals surface area (Å²) in [5.74, 6) is -1.79. The van der Waals surface area contributed by atoms with Crippen molar-refractivity contribution in [1.29, 1.82) is 0 Å². The average molecular weight is 421 g/mol. The monoisotopic (exact) mass is 421 g/mol. The zero-order chi connectivity index (χ0) is 21.4. The summed E-state index contributed by atoms with van der Waals surface area (Å²) >= 11 is 0. The summed E-state index contributed by atoms with van der Waals surface area (Å²) in [7, 11) is 0. The van der Waals surface area contributed by atoms with Gasteiger partial charge in [0.05, 0.1) is 21.8 Å². The van der Waals surface area contributed by atoms with E-state index in [9.17, 15) is 27.2 Å². The van der Waals surface area contributed by atoms with Crippen LogP contribution in [0, 0.1) is 11.6 Å². The van der Waals surface area contributed by atoms with Gasteiger partial charge >= 0.3 is 6.09 Å². The Bertz CT molecular complexity index is 1330. The fourth-order valence-corrected chi connectivity index (χ4v) is 2.92. The van der Waals surface area contributed by atoms with Crippen LogP contribution in [0.3, 0.4) is 0 Å². The van der Waals surface area contributed by atoms with Gasteiger partial charge in [-0.05, 0) is 24.3 Å². The second kappa shape index (κ2) is 7.46. The smallest absolute Gasteiger partial charge is 0.414 e. The van der Waals surface area contributed by atoms with E-state index in [2.05, 4.69) is 30.2 Å². The van der Waals surface area contributed by atoms with E-state index in [0.29, 0.717) is 16.6 Å². The number of rotatable bonds is 4. The number of H-pyrrole nitrogens is 2. The van der Waals surface area contributed by atoms with Crippen LogP contribution in [-0.2, 0) is 4.74 Å². The molecule has 0 aliphatic rings. The van der Waals surface area contributed by atoms with Gasteiger partial charge in [0.2, 0.25) is 5.95 Å². The molecular weight excluding hydrogens is 410 g/mol. The molecule has 2 aromatic heterocycles. The number of nitrogens with one attached hydrogen (secondary N) is 3. The molecule has 8 nitrogen and oxygen atoms in total. The molecule has 0 atom stereocenters. The molecule has 30 heavy (non-hydrogen) atoms. The molecule has 2 aromatic carbocycles. The van der Waals surface area contributed by atoms with Gasteiger partial charge in [-0.1, -0.05) is 6.07 Å². The highest BCUT2D eigenvalue weighted by Crippen LogP contribution is 2.30. The van der Waals surface area contributed by atoms with Crippen LogP contribution in [0.2, 0.25) is 0 Å². The molecule has 12 heteroatoms. The summed E-state index contributed by atoms with van der Waals surface area (Å²) in [6.07, 6.45) is -3.93. The first-order valence-corrected chi connectivity index (χ1v) is 8.42. The van der Waals surface area contributed by atoms with E-state index < -0.39 is 41.7 Å². The molecule has 0 radical (unpaired) electrons. The summed E-state index contributed by atoms with van der Waals surface area (Å²) in [6, 6.07) is 6.24. The number of anilines is 1. The molecule has 0 saturated carbocycles. The lowest BCUT2D eigenvalue weighted by Gasteiger charge is -2.07. The topological polar surface area (TPSA) is 113 Å². The maximum absolute atomic E-state index is 14.4. The predicted molar refractivity (Wildman–Crippen MR) is 98.3 cm³/mol. The van der Waals surface area contributed by atoms with Gasteiger partial charge in [-0.2, -0.15) is 5.10 Å². The maximum atomic E-state index is 14.4. The standard InChI is InChI=1S/C18H11F4N5O3/c19-8-2-3-9(20)14-13(8)15(26-27-16(14)28)7-1-4-10-11(5-7)24-17(23-10)25-18(29)30-6-12(21)22/h1-5,12H,6H2,(H,27,28)(H2,23,24,25,29). The lowest BCUT2D eigenvalue weighted by atomic mass is 10.0. The maximum Gasteiger partial charge on any atom is 0.414 e. The van der Waals surface area contributed by atoms with E-state index in [1.807, 2.05) is 0 Å². The predicted octanol–water partition coefficient (Wildman–Crippen LogP) is 3.56. The molecule has 0 unspecified atom stereocenters. The van der Waals surface area contributed by atoms with E-state index in [-0.39, 0.29) is 17.0 Å². The van der Waals surface area contributed by atoms with Crippen molar-refractivity contribution in [3.63, 3.8) is 0 Å². The average Bonchev–Trinajstić information content (AvgIpc) is 3.10. The normalized spacial score (nSPS) is 11.4. The first kappa shape index (κ1) is 19.4. The first-order chi connectivity index (χ1) is 14.3. The summed E-state index contributed by atoms with van der Waals surface area (Å²) in [6.45, 7) is -1.07. The van der Waals surface area contributed by atoms with E-state index in [4.69, 9.17) is 0 Å². The van der Waals surface area contributed by atoms with Crippen molar-refractivity contribution in [3.05, 3.63) is 52.3 Å². The van der Waals surface area contributed by atoms with Crippen molar-refractivity contribution in [2.75, 3.05) is 11.9 Å². The highest BCUT2D eigenvalue weighted by molar-refractivity contribution is 5.96. The molecule has 0 aliphatic heterocycles. The Hall–Kier alpha value is -3.96. The van der Waals surface area contributed by atoms with Gasteiger partial charge in [-0.25, -0.2) is 32.4 Å². The van der Waals surface area contributed by atoms with E-state index in [0.717, 1.165) is 12.1 Å². The van der Waals surface area contributed by atoms with Crippen LogP contribution < -0.4 is 10.9 Å². The fraction of sp³-hybridized carbons (Fsp3) is 0.111. The molecule has 0 saturated heterocycles. The number of aromatic nitrogens is 4. The number of benzene rings is 2. The number of hydrogen-bond donors (Lipinski definition) is 3. The molecule has 2 heterocycles. The number of fused-ring (bicyclic) bond motifs is 2. The third-order valence-electron chi connectivity index (χ3n) is 4.15. The minimum Gasteiger partial charge on any atom is -0.443 e. The number of nitrogens with zero attached hydrogens (tertiary/aromatic N) is 2. The lowest BCUT2D eigenvalue weighted by molar-refractivity contribution is 0.0547. The number of halogens is 4. The largest absolute Gasteiger partial charge is 0.443 e. The van der Waals surface area contributed by atoms with Crippen LogP contribution in [0.25, 0.3) is 33.1 Å². The number of alkyl halides is 2. The number of carbonyl (C=O) groups is 1. The lowest BCUT2D eigenvalue weighted by Crippen LogP contribution is -2.18. The molecule has 154 valence electrons. The number of aromatic amines is 2. The zero-order valence-electron chi connectivity index (χ0n) is 14.8. The van der Waals surface area contributed by atoms with Crippen LogP contribution in [0.4, 0.5) is 28.3 Å². The van der Waals surface area contributed by atoms with Crippen molar-refractivity contribution < 1.29 is 27.1 Å². The minimum absolute atomic E-state index is 0.0102. The number of ether oxygens (including phenoxy) is 1. The van der Waals surface area contributed by atoms with Crippen LogP contribution in [-0.4, -0.2) is 39.3 Å². The SMILES string of the molecule is O=C(Nc1nc2ccc(-c3n[nH]c(=O)c4c(F)ccc(F)c34)cc2[nH]1)OCC(F)F. The molecular formula is C18H11F4N5O3. The molecule has 1 amide bonds. The van der Waals surface area contributed by atoms with E-state index >= 15 is 0 Å². The third kappa shape index (κ3) is 3.54. The summed E-state index contributed by atoms with van der Waals surface area (Å²) in [5, 5.41) is 7.40. The van der Waals surface area contributed by atoms with Gasteiger partial charge in [0, 0.05) is 5.56 Å². The highest BCUT2D eigenvalue weighted by atomic mass is 19.3. The number of hydrogen-bond acceptors (Lipinski definition) is 5. The summed E-state index contributed by atoms with van der Waals surface area (Å²) in [5.41, 5.74) is 0.188. The van der Waals surface area contributed by atoms with E-state index in [1.165, 1.54) is 18.2 Å². The number of carbonyl (C=O) groups excluding carboxylic acids is 1. The highest BCUT2D eigenvalue weighted by Gasteiger charge is 2.18. The van der Waals surface area contributed by atoms with Gasteiger partial charge in [0.25, 0.3) is 12.0 Å². The Balaban J connectivity index is 1.73. The zero-order valence-corrected chi connectivity index (χ0v) is 14.8. The van der Waals surface area contributed by atoms with Crippen LogP contribution >= 0.6 is 0 Å². The van der Waals surface area contributed by atoms with Crippen LogP contribution in [0.1, 0.15) is 0 Å². The number of imidazole rings is 1. The van der Waals surface area contributed by atoms with Gasteiger partial charge in [-0.15, -0.1) is 0 Å². The fourth-order valence-electron chi connectivity index (χ4n) is 2.92. The van der Waals surface area contributed by atoms with Gasteiger partial charge in [0.15, 0.2) is 6.61 Å². The number of amides is 1. The molecule has 0 fully saturated rings. The molecule has 0 spiro atoms. The van der Waals surface area contributed by atoms with Gasteiger partial charge in [0.1, 0.15) is 17.3 Å². The molecule has 4 aromatic rings. The minimum atomic E-state index is -2.81. The summed E-state index contributed by atoms with van der Waals surface area (Å²) < 4.78 is 57.0. The molecule has 4 rings (SSSR count). The molecule has 3 N–H and O–H groups in total. The Kier molecular flexibility index (Phi) is 4.82. The van der Waals surface area contributed by atoms with Crippen molar-refractivity contribution in [2.45, 2.75) is 6.43 Å². The van der Waals surface area contributed by atoms with Gasteiger partial charge in [-0.3, -0.25) is 10.1 Å². The Morgan fingerprint density at radius 3 is 2.60 bits per heavy atom. The molecule has 0 aliphatic carbocycles. The van der Waals surface area contributed by atoms with Crippen LogP contribution in [0.5, 0.6) is 0 Å². The second-order valence-corrected chi connectivity index (χ2v) is 6.11. The second-order valence-electron chi connectivity index (χ2n) is 6.11. The Morgan fingerprint density at radius 1 is 1.13 bits per heavy atom. The quantitative estimate of drug-likeness (QED) is 0.436. The van der Waals surface area contributed by atoms with E-state index in [1.54, 1.807) is 0 Å². The third-order valence-corrected chi connectivity index (χ3v) is 4.15. The van der Waals surface area contributed by atoms with Crippen LogP contribution in [0.15, 0.2) is 35.1 Å². The van der Waals surface area contributed by atoms with Crippen molar-refractivity contribution in [3.8, 4) is 11.3 Å². The van der Waals surface area contributed by atoms with Crippen molar-refractivity contribution >= 4 is 33.8 Å².